The van der Waals surface area contributed by atoms with Crippen LogP contribution < -0.4 is 5.32 Å². The Labute approximate surface area is 126 Å². The minimum atomic E-state index is -0.160. The van der Waals surface area contributed by atoms with E-state index in [1.54, 1.807) is 0 Å². The topological polar surface area (TPSA) is 38.3 Å². The molecule has 1 N–H and O–H groups in total. The maximum atomic E-state index is 11.4. The summed E-state index contributed by atoms with van der Waals surface area (Å²) in [6.07, 6.45) is -0.0440. The minimum absolute atomic E-state index is 0.0440. The van der Waals surface area contributed by atoms with Crippen molar-refractivity contribution in [1.29, 1.82) is 0 Å². The van der Waals surface area contributed by atoms with E-state index in [2.05, 4.69) is 43.4 Å². The molecule has 0 heterocycles. The molecular weight excluding hydrogens is 270 g/mol. The largest absolute Gasteiger partial charge is 0.462 e. The molecule has 0 atom stereocenters. The van der Waals surface area contributed by atoms with Crippen LogP contribution in [0.5, 0.6) is 0 Å². The number of ether oxygens (including phenoxy) is 1. The van der Waals surface area contributed by atoms with Crippen LogP contribution >= 0.6 is 11.8 Å². The molecule has 0 aromatic heterocycles. The first-order valence-corrected chi connectivity index (χ1v) is 8.08. The maximum Gasteiger partial charge on any atom is 0.316 e. The molecule has 3 nitrogen and oxygen atoms in total. The lowest BCUT2D eigenvalue weighted by atomic mass is 10.2. The zero-order valence-corrected chi connectivity index (χ0v) is 13.6. The summed E-state index contributed by atoms with van der Waals surface area (Å²) in [6, 6.07) is 8.31. The maximum absolute atomic E-state index is 11.4. The molecule has 0 aliphatic rings. The van der Waals surface area contributed by atoms with Crippen LogP contribution in [0.2, 0.25) is 0 Å². The summed E-state index contributed by atoms with van der Waals surface area (Å²) in [7, 11) is 0. The van der Waals surface area contributed by atoms with E-state index in [4.69, 9.17) is 4.74 Å². The van der Waals surface area contributed by atoms with Crippen molar-refractivity contribution < 1.29 is 9.53 Å². The first-order chi connectivity index (χ1) is 9.47. The van der Waals surface area contributed by atoms with E-state index in [-0.39, 0.29) is 12.1 Å². The van der Waals surface area contributed by atoms with Gasteiger partial charge in [-0.3, -0.25) is 4.79 Å². The number of esters is 1. The molecule has 0 saturated heterocycles. The normalized spacial score (nSPS) is 11.1. The third-order valence-electron chi connectivity index (χ3n) is 2.53. The van der Waals surface area contributed by atoms with E-state index in [0.717, 1.165) is 18.0 Å². The average Bonchev–Trinajstić information content (AvgIpc) is 2.36. The quantitative estimate of drug-likeness (QED) is 0.588. The fourth-order valence-corrected chi connectivity index (χ4v) is 2.33. The number of carbonyl (C=O) groups is 1. The van der Waals surface area contributed by atoms with Crippen LogP contribution in [-0.4, -0.2) is 24.4 Å². The molecule has 0 spiro atoms. The van der Waals surface area contributed by atoms with Crippen molar-refractivity contribution in [3.8, 4) is 0 Å². The summed E-state index contributed by atoms with van der Waals surface area (Å²) in [5.74, 6) is 0.868. The monoisotopic (exact) mass is 295 g/mol. The van der Waals surface area contributed by atoms with Crippen LogP contribution in [0.25, 0.3) is 0 Å². The predicted molar refractivity (Wildman–Crippen MR) is 84.9 cm³/mol. The molecule has 112 valence electrons. The van der Waals surface area contributed by atoms with Crippen molar-refractivity contribution in [2.45, 2.75) is 45.2 Å². The molecule has 0 saturated carbocycles. The van der Waals surface area contributed by atoms with E-state index in [1.165, 1.54) is 17.3 Å². The van der Waals surface area contributed by atoms with Gasteiger partial charge >= 0.3 is 5.97 Å². The molecule has 1 rings (SSSR count). The standard InChI is InChI=1S/C16H25NO2S/c1-12(2)9-17-10-14-5-7-15(8-6-14)20-11-16(18)19-13(3)4/h5-8,12-13,17H,9-11H2,1-4H3. The summed E-state index contributed by atoms with van der Waals surface area (Å²) in [5.41, 5.74) is 1.26. The number of hydrogen-bond acceptors (Lipinski definition) is 4. The van der Waals surface area contributed by atoms with Crippen LogP contribution in [-0.2, 0) is 16.1 Å². The van der Waals surface area contributed by atoms with Crippen LogP contribution in [0.4, 0.5) is 0 Å². The summed E-state index contributed by atoms with van der Waals surface area (Å²) in [5, 5.41) is 3.41. The Balaban J connectivity index is 2.33. The molecule has 0 amide bonds. The van der Waals surface area contributed by atoms with Gasteiger partial charge in [-0.15, -0.1) is 11.8 Å². The molecule has 0 fully saturated rings. The predicted octanol–water partition coefficient (Wildman–Crippen LogP) is 3.48. The number of benzene rings is 1. The lowest BCUT2D eigenvalue weighted by Gasteiger charge is -2.09. The molecule has 1 aromatic rings. The number of thioether (sulfide) groups is 1. The fraction of sp³-hybridized carbons (Fsp3) is 0.562. The van der Waals surface area contributed by atoms with E-state index in [9.17, 15) is 4.79 Å². The fourth-order valence-electron chi connectivity index (χ4n) is 1.65. The number of nitrogens with one attached hydrogen (secondary N) is 1. The van der Waals surface area contributed by atoms with Gasteiger partial charge in [-0.05, 0) is 44.0 Å². The molecule has 0 aliphatic heterocycles. The summed E-state index contributed by atoms with van der Waals surface area (Å²) >= 11 is 1.51. The summed E-state index contributed by atoms with van der Waals surface area (Å²) < 4.78 is 5.10. The zero-order valence-electron chi connectivity index (χ0n) is 12.8. The van der Waals surface area contributed by atoms with Gasteiger partial charge in [0.05, 0.1) is 11.9 Å². The Hall–Kier alpha value is -1.00. The van der Waals surface area contributed by atoms with Gasteiger partial charge in [-0.25, -0.2) is 0 Å². The molecule has 20 heavy (non-hydrogen) atoms. The van der Waals surface area contributed by atoms with E-state index in [1.807, 2.05) is 13.8 Å². The molecule has 1 aromatic carbocycles. The van der Waals surface area contributed by atoms with Crippen molar-refractivity contribution in [3.63, 3.8) is 0 Å². The smallest absolute Gasteiger partial charge is 0.316 e. The minimum Gasteiger partial charge on any atom is -0.462 e. The third-order valence-corrected chi connectivity index (χ3v) is 3.51. The number of carbonyl (C=O) groups excluding carboxylic acids is 1. The Morgan fingerprint density at radius 3 is 2.40 bits per heavy atom. The first kappa shape index (κ1) is 17.1. The molecule has 0 unspecified atom stereocenters. The van der Waals surface area contributed by atoms with Crippen LogP contribution in [0.15, 0.2) is 29.2 Å². The molecule has 0 bridgehead atoms. The molecule has 4 heteroatoms. The van der Waals surface area contributed by atoms with Crippen molar-refractivity contribution in [3.05, 3.63) is 29.8 Å². The Morgan fingerprint density at radius 2 is 1.85 bits per heavy atom. The lowest BCUT2D eigenvalue weighted by Crippen LogP contribution is -2.18. The molecule has 0 aliphatic carbocycles. The second-order valence-corrected chi connectivity index (χ2v) is 6.54. The number of rotatable bonds is 8. The average molecular weight is 295 g/mol. The van der Waals surface area contributed by atoms with Gasteiger partial charge in [0.2, 0.25) is 0 Å². The summed E-state index contributed by atoms with van der Waals surface area (Å²) in [6.45, 7) is 10.0. The molecular formula is C16H25NO2S. The Bertz CT molecular complexity index is 401. The highest BCUT2D eigenvalue weighted by Gasteiger charge is 2.06. The van der Waals surface area contributed by atoms with Crippen molar-refractivity contribution in [2.24, 2.45) is 5.92 Å². The zero-order chi connectivity index (χ0) is 15.0. The van der Waals surface area contributed by atoms with Gasteiger partial charge in [0.1, 0.15) is 0 Å². The lowest BCUT2D eigenvalue weighted by molar-refractivity contribution is -0.144. The highest BCUT2D eigenvalue weighted by molar-refractivity contribution is 8.00. The van der Waals surface area contributed by atoms with Gasteiger partial charge in [0.25, 0.3) is 0 Å². The third kappa shape index (κ3) is 7.56. The van der Waals surface area contributed by atoms with E-state index < -0.39 is 0 Å². The van der Waals surface area contributed by atoms with Gasteiger partial charge in [0.15, 0.2) is 0 Å². The van der Waals surface area contributed by atoms with Crippen molar-refractivity contribution in [2.75, 3.05) is 12.3 Å². The highest BCUT2D eigenvalue weighted by atomic mass is 32.2. The van der Waals surface area contributed by atoms with Gasteiger partial charge in [-0.1, -0.05) is 26.0 Å². The first-order valence-electron chi connectivity index (χ1n) is 7.09. The highest BCUT2D eigenvalue weighted by Crippen LogP contribution is 2.18. The van der Waals surface area contributed by atoms with Gasteiger partial charge in [-0.2, -0.15) is 0 Å². The van der Waals surface area contributed by atoms with Crippen LogP contribution in [0, 0.1) is 5.92 Å². The second kappa shape index (κ2) is 9.03. The van der Waals surface area contributed by atoms with Gasteiger partial charge < -0.3 is 10.1 Å². The Kier molecular flexibility index (Phi) is 7.70. The van der Waals surface area contributed by atoms with Gasteiger partial charge in [0, 0.05) is 11.4 Å². The summed E-state index contributed by atoms with van der Waals surface area (Å²) in [4.78, 5) is 12.5. The van der Waals surface area contributed by atoms with E-state index in [0.29, 0.717) is 11.7 Å². The second-order valence-electron chi connectivity index (χ2n) is 5.50. The van der Waals surface area contributed by atoms with Crippen molar-refractivity contribution in [1.82, 2.24) is 5.32 Å². The van der Waals surface area contributed by atoms with E-state index >= 15 is 0 Å². The van der Waals surface area contributed by atoms with Crippen LogP contribution in [0.3, 0.4) is 0 Å². The number of hydrogen-bond donors (Lipinski definition) is 1. The SMILES string of the molecule is CC(C)CNCc1ccc(SCC(=O)OC(C)C)cc1. The van der Waals surface area contributed by atoms with Crippen molar-refractivity contribution >= 4 is 17.7 Å². The Morgan fingerprint density at radius 1 is 1.20 bits per heavy atom. The van der Waals surface area contributed by atoms with Crippen LogP contribution in [0.1, 0.15) is 33.3 Å². The molecule has 0 radical (unpaired) electrons.